The molecule has 0 saturated carbocycles. The summed E-state index contributed by atoms with van der Waals surface area (Å²) in [7, 11) is 5.17. The number of hydrogen-bond donors (Lipinski definition) is 1. The molecular weight excluding hydrogens is 259 g/mol. The third-order valence-electron chi connectivity index (χ3n) is 2.99. The number of aryl methyl sites for hydroxylation is 1. The molecule has 0 aliphatic heterocycles. The van der Waals surface area contributed by atoms with Crippen LogP contribution < -0.4 is 5.32 Å². The lowest BCUT2D eigenvalue weighted by molar-refractivity contribution is 0.214. The summed E-state index contributed by atoms with van der Waals surface area (Å²) in [5, 5.41) is 2.88. The number of amides is 2. The molecular formula is C14H17FN4O. The third kappa shape index (κ3) is 2.96. The number of nitrogens with zero attached hydrogens (tertiary/aromatic N) is 3. The van der Waals surface area contributed by atoms with Crippen molar-refractivity contribution in [2.75, 3.05) is 14.1 Å². The maximum Gasteiger partial charge on any atom is 0.317 e. The zero-order chi connectivity index (χ0) is 14.7. The van der Waals surface area contributed by atoms with E-state index in [9.17, 15) is 9.18 Å². The summed E-state index contributed by atoms with van der Waals surface area (Å²) < 4.78 is 14.9. The molecule has 106 valence electrons. The van der Waals surface area contributed by atoms with Crippen LogP contribution in [-0.2, 0) is 7.05 Å². The Balaban J connectivity index is 2.36. The minimum Gasteiger partial charge on any atom is -0.336 e. The number of rotatable bonds is 3. The smallest absolute Gasteiger partial charge is 0.317 e. The van der Waals surface area contributed by atoms with Gasteiger partial charge in [-0.25, -0.2) is 14.2 Å². The van der Waals surface area contributed by atoms with Crippen LogP contribution in [0.15, 0.2) is 36.7 Å². The van der Waals surface area contributed by atoms with Crippen LogP contribution in [0.4, 0.5) is 9.18 Å². The van der Waals surface area contributed by atoms with E-state index in [4.69, 9.17) is 0 Å². The summed E-state index contributed by atoms with van der Waals surface area (Å²) in [6.45, 7) is 0. The lowest BCUT2D eigenvalue weighted by atomic mass is 10.1. The summed E-state index contributed by atoms with van der Waals surface area (Å²) in [6.07, 6.45) is 3.46. The number of nitrogens with one attached hydrogen (secondary N) is 1. The topological polar surface area (TPSA) is 50.2 Å². The van der Waals surface area contributed by atoms with Gasteiger partial charge in [-0.3, -0.25) is 0 Å². The Labute approximate surface area is 117 Å². The van der Waals surface area contributed by atoms with Gasteiger partial charge in [0.25, 0.3) is 0 Å². The number of carbonyl (C=O) groups is 1. The number of carbonyl (C=O) groups excluding carboxylic acids is 1. The van der Waals surface area contributed by atoms with Gasteiger partial charge in [0, 0.05) is 33.5 Å². The minimum absolute atomic E-state index is 0.234. The van der Waals surface area contributed by atoms with Crippen molar-refractivity contribution in [3.05, 3.63) is 53.9 Å². The number of aromatic nitrogens is 2. The molecule has 2 rings (SSSR count). The number of hydrogen-bond acceptors (Lipinski definition) is 2. The lowest BCUT2D eigenvalue weighted by Crippen LogP contribution is -2.38. The molecule has 1 atom stereocenters. The summed E-state index contributed by atoms with van der Waals surface area (Å²) in [5.41, 5.74) is 0.774. The van der Waals surface area contributed by atoms with Gasteiger partial charge >= 0.3 is 6.03 Å². The first kappa shape index (κ1) is 14.0. The van der Waals surface area contributed by atoms with Gasteiger partial charge in [-0.1, -0.05) is 12.1 Å². The molecule has 0 bridgehead atoms. The van der Waals surface area contributed by atoms with Crippen molar-refractivity contribution in [3.8, 4) is 0 Å². The SMILES string of the molecule is CN(C)C(=O)NC(c1ccc(F)cc1)c1nccn1C. The molecule has 0 radical (unpaired) electrons. The van der Waals surface area contributed by atoms with E-state index in [-0.39, 0.29) is 11.8 Å². The van der Waals surface area contributed by atoms with Gasteiger partial charge in [0.05, 0.1) is 0 Å². The van der Waals surface area contributed by atoms with Crippen molar-refractivity contribution in [2.45, 2.75) is 6.04 Å². The van der Waals surface area contributed by atoms with Gasteiger partial charge in [-0.2, -0.15) is 0 Å². The van der Waals surface area contributed by atoms with E-state index in [1.165, 1.54) is 17.0 Å². The van der Waals surface area contributed by atoms with Crippen LogP contribution >= 0.6 is 0 Å². The first-order chi connectivity index (χ1) is 9.49. The molecule has 1 N–H and O–H groups in total. The van der Waals surface area contributed by atoms with Gasteiger partial charge in [0.2, 0.25) is 0 Å². The van der Waals surface area contributed by atoms with E-state index >= 15 is 0 Å². The molecule has 5 nitrogen and oxygen atoms in total. The van der Waals surface area contributed by atoms with Gasteiger partial charge in [-0.05, 0) is 17.7 Å². The van der Waals surface area contributed by atoms with Crippen molar-refractivity contribution in [1.29, 1.82) is 0 Å². The van der Waals surface area contributed by atoms with Gasteiger partial charge in [0.1, 0.15) is 17.7 Å². The molecule has 2 amide bonds. The molecule has 0 spiro atoms. The molecule has 0 aliphatic rings. The van der Waals surface area contributed by atoms with Crippen molar-refractivity contribution < 1.29 is 9.18 Å². The minimum atomic E-state index is -0.425. The fraction of sp³-hybridized carbons (Fsp3) is 0.286. The number of imidazole rings is 1. The first-order valence-corrected chi connectivity index (χ1v) is 6.19. The zero-order valence-electron chi connectivity index (χ0n) is 11.7. The maximum atomic E-state index is 13.0. The predicted octanol–water partition coefficient (Wildman–Crippen LogP) is 1.92. The van der Waals surface area contributed by atoms with Crippen LogP contribution in [0, 0.1) is 5.82 Å². The monoisotopic (exact) mass is 276 g/mol. The van der Waals surface area contributed by atoms with Crippen LogP contribution in [0.1, 0.15) is 17.4 Å². The Morgan fingerprint density at radius 1 is 1.35 bits per heavy atom. The van der Waals surface area contributed by atoms with E-state index < -0.39 is 6.04 Å². The maximum absolute atomic E-state index is 13.0. The predicted molar refractivity (Wildman–Crippen MR) is 73.7 cm³/mol. The Morgan fingerprint density at radius 3 is 2.50 bits per heavy atom. The Hall–Kier alpha value is -2.37. The molecule has 2 aromatic rings. The second-order valence-corrected chi connectivity index (χ2v) is 4.72. The molecule has 1 heterocycles. The highest BCUT2D eigenvalue weighted by Gasteiger charge is 2.21. The average molecular weight is 276 g/mol. The summed E-state index contributed by atoms with van der Waals surface area (Å²) in [6, 6.07) is 5.36. The van der Waals surface area contributed by atoms with Crippen LogP contribution in [0.3, 0.4) is 0 Å². The quantitative estimate of drug-likeness (QED) is 0.931. The molecule has 0 saturated heterocycles. The van der Waals surface area contributed by atoms with Crippen molar-refractivity contribution >= 4 is 6.03 Å². The molecule has 1 aromatic heterocycles. The highest BCUT2D eigenvalue weighted by molar-refractivity contribution is 5.74. The van der Waals surface area contributed by atoms with Crippen molar-refractivity contribution in [2.24, 2.45) is 7.05 Å². The van der Waals surface area contributed by atoms with Gasteiger partial charge in [-0.15, -0.1) is 0 Å². The second-order valence-electron chi connectivity index (χ2n) is 4.72. The Kier molecular flexibility index (Phi) is 4.02. The molecule has 1 aromatic carbocycles. The zero-order valence-corrected chi connectivity index (χ0v) is 11.7. The fourth-order valence-corrected chi connectivity index (χ4v) is 1.86. The van der Waals surface area contributed by atoms with Crippen LogP contribution in [-0.4, -0.2) is 34.6 Å². The lowest BCUT2D eigenvalue weighted by Gasteiger charge is -2.21. The van der Waals surface area contributed by atoms with Gasteiger partial charge < -0.3 is 14.8 Å². The van der Waals surface area contributed by atoms with Crippen LogP contribution in [0.5, 0.6) is 0 Å². The molecule has 0 fully saturated rings. The standard InChI is InChI=1S/C14H17FN4O/c1-18(2)14(20)17-12(13-16-8-9-19(13)3)10-4-6-11(15)7-5-10/h4-9,12H,1-3H3,(H,17,20). The Morgan fingerprint density at radius 2 is 2.00 bits per heavy atom. The number of halogens is 1. The molecule has 20 heavy (non-hydrogen) atoms. The fourth-order valence-electron chi connectivity index (χ4n) is 1.86. The summed E-state index contributed by atoms with van der Waals surface area (Å²) >= 11 is 0. The highest BCUT2D eigenvalue weighted by Crippen LogP contribution is 2.20. The summed E-state index contributed by atoms with van der Waals surface area (Å²) in [5.74, 6) is 0.373. The molecule has 6 heteroatoms. The largest absolute Gasteiger partial charge is 0.336 e. The first-order valence-electron chi connectivity index (χ1n) is 6.19. The van der Waals surface area contributed by atoms with Crippen LogP contribution in [0.2, 0.25) is 0 Å². The van der Waals surface area contributed by atoms with E-state index in [2.05, 4.69) is 10.3 Å². The highest BCUT2D eigenvalue weighted by atomic mass is 19.1. The average Bonchev–Trinajstić information content (AvgIpc) is 2.83. The van der Waals surface area contributed by atoms with E-state index in [0.717, 1.165) is 5.56 Å². The summed E-state index contributed by atoms with van der Waals surface area (Å²) in [4.78, 5) is 17.6. The number of benzene rings is 1. The molecule has 1 unspecified atom stereocenters. The number of urea groups is 1. The normalized spacial score (nSPS) is 12.0. The van der Waals surface area contributed by atoms with Crippen molar-refractivity contribution in [3.63, 3.8) is 0 Å². The van der Waals surface area contributed by atoms with Crippen molar-refractivity contribution in [1.82, 2.24) is 19.8 Å². The van der Waals surface area contributed by atoms with Crippen LogP contribution in [0.25, 0.3) is 0 Å². The second kappa shape index (κ2) is 5.73. The van der Waals surface area contributed by atoms with E-state index in [0.29, 0.717) is 5.82 Å². The Bertz CT molecular complexity index is 591. The van der Waals surface area contributed by atoms with E-state index in [1.54, 1.807) is 38.6 Å². The van der Waals surface area contributed by atoms with E-state index in [1.807, 2.05) is 11.6 Å². The van der Waals surface area contributed by atoms with Gasteiger partial charge in [0.15, 0.2) is 0 Å². The third-order valence-corrected chi connectivity index (χ3v) is 2.99. The molecule has 0 aliphatic carbocycles.